The van der Waals surface area contributed by atoms with Gasteiger partial charge in [-0.15, -0.1) is 11.3 Å². The molecule has 0 atom stereocenters. The maximum Gasteiger partial charge on any atom is 0.345 e. The van der Waals surface area contributed by atoms with Crippen molar-refractivity contribution in [3.05, 3.63) is 94.2 Å². The normalized spacial score (nSPS) is 11.8. The molecule has 6 nitrogen and oxygen atoms in total. The smallest absolute Gasteiger partial charge is 0.345 e. The Morgan fingerprint density at radius 3 is 2.76 bits per heavy atom. The lowest BCUT2D eigenvalue weighted by Gasteiger charge is -1.99. The van der Waals surface area contributed by atoms with Crippen LogP contribution in [0.3, 0.4) is 0 Å². The minimum absolute atomic E-state index is 0.405. The van der Waals surface area contributed by atoms with Crippen molar-refractivity contribution in [2.75, 3.05) is 5.43 Å². The van der Waals surface area contributed by atoms with Gasteiger partial charge in [0.25, 0.3) is 0 Å². The van der Waals surface area contributed by atoms with Crippen LogP contribution in [0, 0.1) is 0 Å². The number of aromatic nitrogens is 2. The number of hydrogen-bond acceptors (Lipinski definition) is 6. The highest BCUT2D eigenvalue weighted by Crippen LogP contribution is 2.28. The number of para-hydroxylation sites is 2. The number of fused-ring (bicyclic) bond motifs is 4. The van der Waals surface area contributed by atoms with E-state index in [4.69, 9.17) is 4.42 Å². The fourth-order valence-electron chi connectivity index (χ4n) is 4.12. The SMILES string of the molecule is Cn1c2ccccc2c2cc(/C=N/Nc3nc(-c4cc5ccccc5oc4=O)cs3)ccc21. The average Bonchev–Trinajstić information content (AvgIpc) is 3.42. The number of hydrazone groups is 1. The van der Waals surface area contributed by atoms with Gasteiger partial charge < -0.3 is 8.98 Å². The van der Waals surface area contributed by atoms with Crippen LogP contribution in [0.4, 0.5) is 5.13 Å². The van der Waals surface area contributed by atoms with E-state index >= 15 is 0 Å². The number of benzene rings is 3. The minimum atomic E-state index is -0.405. The second-order valence-electron chi connectivity index (χ2n) is 7.75. The highest BCUT2D eigenvalue weighted by Gasteiger charge is 2.11. The molecule has 0 fully saturated rings. The van der Waals surface area contributed by atoms with Crippen LogP contribution in [0.5, 0.6) is 0 Å². The van der Waals surface area contributed by atoms with Crippen molar-refractivity contribution in [2.45, 2.75) is 0 Å². The molecule has 0 spiro atoms. The van der Waals surface area contributed by atoms with Crippen LogP contribution in [0.25, 0.3) is 44.0 Å². The van der Waals surface area contributed by atoms with Crippen LogP contribution >= 0.6 is 11.3 Å². The zero-order chi connectivity index (χ0) is 22.4. The maximum atomic E-state index is 12.4. The van der Waals surface area contributed by atoms with Crippen LogP contribution in [-0.2, 0) is 7.05 Å². The lowest BCUT2D eigenvalue weighted by molar-refractivity contribution is 0.563. The maximum absolute atomic E-state index is 12.4. The molecule has 0 aliphatic carbocycles. The molecule has 3 aromatic heterocycles. The van der Waals surface area contributed by atoms with E-state index in [1.807, 2.05) is 35.7 Å². The molecular weight excluding hydrogens is 432 g/mol. The summed E-state index contributed by atoms with van der Waals surface area (Å²) in [6.07, 6.45) is 1.77. The molecule has 3 heterocycles. The Labute approximate surface area is 192 Å². The largest absolute Gasteiger partial charge is 0.422 e. The molecule has 33 heavy (non-hydrogen) atoms. The first-order chi connectivity index (χ1) is 16.2. The minimum Gasteiger partial charge on any atom is -0.422 e. The quantitative estimate of drug-likeness (QED) is 0.203. The van der Waals surface area contributed by atoms with Crippen molar-refractivity contribution in [3.63, 3.8) is 0 Å². The molecule has 0 bridgehead atoms. The van der Waals surface area contributed by atoms with Crippen molar-refractivity contribution >= 4 is 55.5 Å². The summed E-state index contributed by atoms with van der Waals surface area (Å²) in [5.41, 5.74) is 7.49. The molecule has 1 N–H and O–H groups in total. The van der Waals surface area contributed by atoms with Gasteiger partial charge in [0.15, 0.2) is 0 Å². The number of aryl methyl sites for hydroxylation is 1. The second-order valence-corrected chi connectivity index (χ2v) is 8.60. The summed E-state index contributed by atoms with van der Waals surface area (Å²) in [5, 5.41) is 10.0. The number of nitrogens with one attached hydrogen (secondary N) is 1. The fourth-order valence-corrected chi connectivity index (χ4v) is 4.78. The zero-order valence-electron chi connectivity index (χ0n) is 17.6. The van der Waals surface area contributed by atoms with Gasteiger partial charge in [-0.2, -0.15) is 5.10 Å². The Balaban J connectivity index is 1.26. The van der Waals surface area contributed by atoms with Gasteiger partial charge in [0, 0.05) is 39.6 Å². The molecule has 0 saturated carbocycles. The van der Waals surface area contributed by atoms with Crippen molar-refractivity contribution in [2.24, 2.45) is 12.1 Å². The van der Waals surface area contributed by atoms with Gasteiger partial charge in [0.05, 0.1) is 17.5 Å². The summed E-state index contributed by atoms with van der Waals surface area (Å²) in [6.45, 7) is 0. The van der Waals surface area contributed by atoms with E-state index in [-0.39, 0.29) is 0 Å². The molecule has 3 aromatic carbocycles. The summed E-state index contributed by atoms with van der Waals surface area (Å²) in [5.74, 6) is 0. The number of rotatable bonds is 4. The van der Waals surface area contributed by atoms with E-state index in [0.717, 1.165) is 10.9 Å². The van der Waals surface area contributed by atoms with Gasteiger partial charge >= 0.3 is 5.63 Å². The summed E-state index contributed by atoms with van der Waals surface area (Å²) >= 11 is 1.38. The Kier molecular flexibility index (Phi) is 4.55. The number of hydrogen-bond donors (Lipinski definition) is 1. The average molecular weight is 451 g/mol. The van der Waals surface area contributed by atoms with E-state index in [0.29, 0.717) is 22.0 Å². The Morgan fingerprint density at radius 2 is 1.82 bits per heavy atom. The Bertz CT molecular complexity index is 1740. The summed E-state index contributed by atoms with van der Waals surface area (Å²) in [7, 11) is 2.08. The monoisotopic (exact) mass is 450 g/mol. The number of nitrogens with zero attached hydrogens (tertiary/aromatic N) is 3. The van der Waals surface area contributed by atoms with Crippen LogP contribution in [-0.4, -0.2) is 15.8 Å². The molecule has 6 aromatic rings. The third kappa shape index (κ3) is 3.39. The molecule has 160 valence electrons. The number of anilines is 1. The summed E-state index contributed by atoms with van der Waals surface area (Å²) < 4.78 is 7.62. The first-order valence-electron chi connectivity index (χ1n) is 10.4. The van der Waals surface area contributed by atoms with Gasteiger partial charge in [-0.05, 0) is 35.9 Å². The number of thiazole rings is 1. The fraction of sp³-hybridized carbons (Fsp3) is 0.0385. The van der Waals surface area contributed by atoms with Crippen molar-refractivity contribution < 1.29 is 4.42 Å². The van der Waals surface area contributed by atoms with Gasteiger partial charge in [-0.1, -0.05) is 42.5 Å². The highest BCUT2D eigenvalue weighted by molar-refractivity contribution is 7.14. The summed E-state index contributed by atoms with van der Waals surface area (Å²) in [4.78, 5) is 16.9. The van der Waals surface area contributed by atoms with Crippen molar-refractivity contribution in [3.8, 4) is 11.3 Å². The van der Waals surface area contributed by atoms with Crippen LogP contribution < -0.4 is 11.1 Å². The molecule has 0 amide bonds. The topological polar surface area (TPSA) is 72.4 Å². The molecule has 0 aliphatic heterocycles. The lowest BCUT2D eigenvalue weighted by atomic mass is 10.1. The third-order valence-corrected chi connectivity index (χ3v) is 6.48. The van der Waals surface area contributed by atoms with Gasteiger partial charge in [-0.25, -0.2) is 9.78 Å². The zero-order valence-corrected chi connectivity index (χ0v) is 18.5. The predicted molar refractivity (Wildman–Crippen MR) is 135 cm³/mol. The standard InChI is InChI=1S/C26H18N4O2S/c1-30-22-8-4-3-7-18(22)19-12-16(10-11-23(19)30)14-27-29-26-28-21(15-33-26)20-13-17-6-2-5-9-24(17)32-25(20)31/h2-15H,1H3,(H,28,29)/b27-14+. The molecule has 0 aliphatic rings. The van der Waals surface area contributed by atoms with Gasteiger partial charge in [0.1, 0.15) is 5.58 Å². The molecular formula is C26H18N4O2S. The Morgan fingerprint density at radius 1 is 1.00 bits per heavy atom. The van der Waals surface area contributed by atoms with Crippen molar-refractivity contribution in [1.82, 2.24) is 9.55 Å². The van der Waals surface area contributed by atoms with E-state index in [9.17, 15) is 4.79 Å². The van der Waals surface area contributed by atoms with Gasteiger partial charge in [0.2, 0.25) is 5.13 Å². The predicted octanol–water partition coefficient (Wildman–Crippen LogP) is 6.01. The van der Waals surface area contributed by atoms with E-state index in [1.54, 1.807) is 12.3 Å². The first kappa shape index (κ1) is 19.5. The van der Waals surface area contributed by atoms with Gasteiger partial charge in [-0.3, -0.25) is 5.43 Å². The first-order valence-corrected chi connectivity index (χ1v) is 11.3. The van der Waals surface area contributed by atoms with Crippen LogP contribution in [0.15, 0.2) is 92.5 Å². The van der Waals surface area contributed by atoms with Crippen LogP contribution in [0.1, 0.15) is 5.56 Å². The Hall–Kier alpha value is -4.23. The molecule has 0 saturated heterocycles. The summed E-state index contributed by atoms with van der Waals surface area (Å²) in [6, 6.07) is 23.9. The molecule has 7 heteroatoms. The van der Waals surface area contributed by atoms with E-state index in [2.05, 4.69) is 63.5 Å². The van der Waals surface area contributed by atoms with Crippen LogP contribution in [0.2, 0.25) is 0 Å². The molecule has 0 radical (unpaired) electrons. The second kappa shape index (κ2) is 7.72. The molecule has 0 unspecified atom stereocenters. The third-order valence-electron chi connectivity index (χ3n) is 5.73. The van der Waals surface area contributed by atoms with Crippen molar-refractivity contribution in [1.29, 1.82) is 0 Å². The molecule has 6 rings (SSSR count). The highest BCUT2D eigenvalue weighted by atomic mass is 32.1. The van der Waals surface area contributed by atoms with E-state index < -0.39 is 5.63 Å². The lowest BCUT2D eigenvalue weighted by Crippen LogP contribution is -2.02. The van der Waals surface area contributed by atoms with E-state index in [1.165, 1.54) is 33.1 Å².